The number of hydrogen-bond acceptors (Lipinski definition) is 4. The number of carbonyl (C=O) groups is 2. The molecule has 2 saturated heterocycles. The number of carbonyl (C=O) groups excluding carboxylic acids is 1. The molecule has 0 saturated carbocycles. The van der Waals surface area contributed by atoms with Crippen molar-refractivity contribution in [2.24, 2.45) is 0 Å². The summed E-state index contributed by atoms with van der Waals surface area (Å²) in [6.45, 7) is 6.01. The third-order valence-corrected chi connectivity index (χ3v) is 5.54. The van der Waals surface area contributed by atoms with Crippen LogP contribution in [0.1, 0.15) is 31.7 Å². The first-order valence-corrected chi connectivity index (χ1v) is 9.67. The van der Waals surface area contributed by atoms with E-state index in [4.69, 9.17) is 5.11 Å². The van der Waals surface area contributed by atoms with Gasteiger partial charge in [0.05, 0.1) is 6.04 Å². The minimum Gasteiger partial charge on any atom is -0.480 e. The number of piperazine rings is 1. The number of aryl methyl sites for hydroxylation is 1. The molecule has 0 radical (unpaired) electrons. The van der Waals surface area contributed by atoms with Crippen molar-refractivity contribution in [1.82, 2.24) is 9.80 Å². The van der Waals surface area contributed by atoms with Crippen LogP contribution in [0.15, 0.2) is 24.3 Å². The number of anilines is 1. The van der Waals surface area contributed by atoms with Gasteiger partial charge in [0.2, 0.25) is 5.91 Å². The molecule has 0 spiro atoms. The number of likely N-dealkylation sites (tertiary alicyclic amines) is 1. The summed E-state index contributed by atoms with van der Waals surface area (Å²) in [5.41, 5.74) is 2.58. The third-order valence-electron chi connectivity index (χ3n) is 5.54. The monoisotopic (exact) mass is 359 g/mol. The van der Waals surface area contributed by atoms with Gasteiger partial charge in [-0.15, -0.1) is 0 Å². The second kappa shape index (κ2) is 8.54. The molecule has 0 bridgehead atoms. The van der Waals surface area contributed by atoms with Crippen LogP contribution < -0.4 is 4.90 Å². The van der Waals surface area contributed by atoms with Gasteiger partial charge in [-0.2, -0.15) is 0 Å². The van der Waals surface area contributed by atoms with Gasteiger partial charge in [-0.25, -0.2) is 0 Å². The van der Waals surface area contributed by atoms with Gasteiger partial charge in [0.15, 0.2) is 0 Å². The summed E-state index contributed by atoms with van der Waals surface area (Å²) in [6.07, 6.45) is 3.75. The van der Waals surface area contributed by atoms with E-state index in [1.807, 2.05) is 0 Å². The van der Waals surface area contributed by atoms with E-state index in [0.29, 0.717) is 6.54 Å². The van der Waals surface area contributed by atoms with Gasteiger partial charge < -0.3 is 14.9 Å². The summed E-state index contributed by atoms with van der Waals surface area (Å²) in [6, 6.07) is 8.56. The zero-order chi connectivity index (χ0) is 18.5. The maximum absolute atomic E-state index is 12.8. The zero-order valence-electron chi connectivity index (χ0n) is 15.6. The van der Waals surface area contributed by atoms with Crippen LogP contribution in [-0.2, 0) is 16.0 Å². The van der Waals surface area contributed by atoms with Crippen molar-refractivity contribution in [3.63, 3.8) is 0 Å². The molecule has 1 aromatic rings. The van der Waals surface area contributed by atoms with Gasteiger partial charge in [0, 0.05) is 38.4 Å². The smallest absolute Gasteiger partial charge is 0.323 e. The molecule has 2 heterocycles. The molecule has 6 heteroatoms. The lowest BCUT2D eigenvalue weighted by Crippen LogP contribution is -2.55. The van der Waals surface area contributed by atoms with Gasteiger partial charge in [-0.1, -0.05) is 19.1 Å². The fourth-order valence-electron chi connectivity index (χ4n) is 3.98. The summed E-state index contributed by atoms with van der Waals surface area (Å²) >= 11 is 0. The Bertz CT molecular complexity index is 624. The largest absolute Gasteiger partial charge is 0.480 e. The second-order valence-electron chi connectivity index (χ2n) is 7.21. The van der Waals surface area contributed by atoms with E-state index < -0.39 is 5.97 Å². The van der Waals surface area contributed by atoms with Gasteiger partial charge in [-0.05, 0) is 43.4 Å². The van der Waals surface area contributed by atoms with Gasteiger partial charge in [-0.3, -0.25) is 14.5 Å². The minimum atomic E-state index is -0.931. The molecule has 0 aliphatic carbocycles. The normalized spacial score (nSPS) is 22.3. The van der Waals surface area contributed by atoms with Crippen LogP contribution in [0.5, 0.6) is 0 Å². The van der Waals surface area contributed by atoms with E-state index in [9.17, 15) is 9.59 Å². The molecular weight excluding hydrogens is 330 g/mol. The van der Waals surface area contributed by atoms with Crippen LogP contribution in [0, 0.1) is 0 Å². The van der Waals surface area contributed by atoms with E-state index in [-0.39, 0.29) is 18.5 Å². The van der Waals surface area contributed by atoms with Crippen LogP contribution in [-0.4, -0.2) is 72.1 Å². The molecule has 2 fully saturated rings. The number of nitrogens with zero attached hydrogens (tertiary/aromatic N) is 3. The summed E-state index contributed by atoms with van der Waals surface area (Å²) in [7, 11) is 0. The zero-order valence-corrected chi connectivity index (χ0v) is 15.6. The molecule has 1 unspecified atom stereocenters. The SMILES string of the molecule is CCc1ccc(N2CCN(C3CCCCN(CC(=O)O)C3=O)CC2)cc1. The fraction of sp³-hybridized carbons (Fsp3) is 0.600. The highest BCUT2D eigenvalue weighted by molar-refractivity contribution is 5.85. The highest BCUT2D eigenvalue weighted by atomic mass is 16.4. The molecule has 1 amide bonds. The Hall–Kier alpha value is -2.08. The highest BCUT2D eigenvalue weighted by Gasteiger charge is 2.34. The topological polar surface area (TPSA) is 64.1 Å². The average molecular weight is 359 g/mol. The number of hydrogen-bond donors (Lipinski definition) is 1. The Kier molecular flexibility index (Phi) is 6.14. The van der Waals surface area contributed by atoms with Crippen molar-refractivity contribution in [2.45, 2.75) is 38.6 Å². The quantitative estimate of drug-likeness (QED) is 0.869. The molecule has 0 aromatic heterocycles. The van der Waals surface area contributed by atoms with Gasteiger partial charge in [0.25, 0.3) is 0 Å². The highest BCUT2D eigenvalue weighted by Crippen LogP contribution is 2.22. The summed E-state index contributed by atoms with van der Waals surface area (Å²) in [5.74, 6) is -0.940. The maximum atomic E-state index is 12.8. The number of amides is 1. The Balaban J connectivity index is 1.60. The first-order chi connectivity index (χ1) is 12.6. The lowest BCUT2D eigenvalue weighted by Gasteiger charge is -2.40. The molecule has 3 rings (SSSR count). The van der Waals surface area contributed by atoms with E-state index >= 15 is 0 Å². The maximum Gasteiger partial charge on any atom is 0.323 e. The van der Waals surface area contributed by atoms with Crippen molar-refractivity contribution in [3.05, 3.63) is 29.8 Å². The van der Waals surface area contributed by atoms with Crippen molar-refractivity contribution in [2.75, 3.05) is 44.2 Å². The summed E-state index contributed by atoms with van der Waals surface area (Å²) in [5, 5.41) is 9.06. The van der Waals surface area contributed by atoms with Crippen molar-refractivity contribution >= 4 is 17.6 Å². The lowest BCUT2D eigenvalue weighted by molar-refractivity contribution is -0.146. The Morgan fingerprint density at radius 2 is 1.77 bits per heavy atom. The third kappa shape index (κ3) is 4.36. The minimum absolute atomic E-state index is 0.00866. The van der Waals surface area contributed by atoms with E-state index in [1.165, 1.54) is 16.2 Å². The molecule has 2 aliphatic heterocycles. The number of aliphatic carboxylic acids is 1. The Morgan fingerprint density at radius 3 is 2.38 bits per heavy atom. The van der Waals surface area contributed by atoms with Crippen LogP contribution in [0.25, 0.3) is 0 Å². The van der Waals surface area contributed by atoms with E-state index in [2.05, 4.69) is 41.0 Å². The molecule has 1 aromatic carbocycles. The van der Waals surface area contributed by atoms with Crippen molar-refractivity contribution in [3.8, 4) is 0 Å². The van der Waals surface area contributed by atoms with Crippen LogP contribution >= 0.6 is 0 Å². The molecule has 26 heavy (non-hydrogen) atoms. The lowest BCUT2D eigenvalue weighted by atomic mass is 10.1. The van der Waals surface area contributed by atoms with Crippen LogP contribution in [0.2, 0.25) is 0 Å². The van der Waals surface area contributed by atoms with E-state index in [0.717, 1.165) is 51.9 Å². The molecular formula is C20H29N3O3. The Morgan fingerprint density at radius 1 is 1.08 bits per heavy atom. The van der Waals surface area contributed by atoms with Crippen molar-refractivity contribution in [1.29, 1.82) is 0 Å². The fourth-order valence-corrected chi connectivity index (χ4v) is 3.98. The van der Waals surface area contributed by atoms with Crippen molar-refractivity contribution < 1.29 is 14.7 Å². The molecule has 2 aliphatic rings. The number of rotatable bonds is 5. The first-order valence-electron chi connectivity index (χ1n) is 9.67. The second-order valence-corrected chi connectivity index (χ2v) is 7.21. The molecule has 1 atom stereocenters. The number of carboxylic acids is 1. The first kappa shape index (κ1) is 18.7. The van der Waals surface area contributed by atoms with Gasteiger partial charge >= 0.3 is 5.97 Å². The van der Waals surface area contributed by atoms with Crippen LogP contribution in [0.4, 0.5) is 5.69 Å². The van der Waals surface area contributed by atoms with E-state index in [1.54, 1.807) is 0 Å². The molecule has 142 valence electrons. The standard InChI is InChI=1S/C20H29N3O3/c1-2-16-6-8-17(9-7-16)21-11-13-22(14-12-21)18-5-3-4-10-23(20(18)26)15-19(24)25/h6-9,18H,2-5,10-15H2,1H3,(H,24,25). The number of benzene rings is 1. The average Bonchev–Trinajstić information content (AvgIpc) is 2.83. The molecule has 1 N–H and O–H groups in total. The number of carboxylic acid groups (broad SMARTS) is 1. The summed E-state index contributed by atoms with van der Waals surface area (Å²) in [4.78, 5) is 30.0. The van der Waals surface area contributed by atoms with Crippen LogP contribution in [0.3, 0.4) is 0 Å². The Labute approximate surface area is 155 Å². The molecule has 6 nitrogen and oxygen atoms in total. The predicted octanol–water partition coefficient (Wildman–Crippen LogP) is 1.84. The summed E-state index contributed by atoms with van der Waals surface area (Å²) < 4.78 is 0. The van der Waals surface area contributed by atoms with Gasteiger partial charge in [0.1, 0.15) is 6.54 Å². The predicted molar refractivity (Wildman–Crippen MR) is 101 cm³/mol.